The minimum Gasteiger partial charge on any atom is -0.357 e. The molecule has 0 atom stereocenters. The van der Waals surface area contributed by atoms with E-state index in [1.165, 1.54) is 17.3 Å². The number of aromatic nitrogens is 1. The second-order valence-corrected chi connectivity index (χ2v) is 13.2. The Bertz CT molecular complexity index is 1650. The van der Waals surface area contributed by atoms with Crippen LogP contribution in [-0.4, -0.2) is 32.8 Å². The predicted molar refractivity (Wildman–Crippen MR) is 180 cm³/mol. The average Bonchev–Trinajstić information content (AvgIpc) is 3.27. The van der Waals surface area contributed by atoms with Crippen LogP contribution in [0, 0.1) is 24.2 Å². The van der Waals surface area contributed by atoms with E-state index in [9.17, 15) is 14.9 Å². The molecule has 222 valence electrons. The molecule has 5 rings (SSSR count). The number of amides is 1. The molecule has 1 amide bonds. The number of piperidine rings is 1. The molecule has 0 spiro atoms. The third kappa shape index (κ3) is 6.75. The molecule has 9 heteroatoms. The molecule has 2 fully saturated rings. The van der Waals surface area contributed by atoms with E-state index in [1.54, 1.807) is 15.5 Å². The van der Waals surface area contributed by atoms with E-state index in [1.807, 2.05) is 37.3 Å². The number of hydrogen-bond donors (Lipinski definition) is 0. The molecule has 2 aliphatic heterocycles. The number of pyridine rings is 1. The van der Waals surface area contributed by atoms with Gasteiger partial charge >= 0.3 is 0 Å². The highest BCUT2D eigenvalue weighted by molar-refractivity contribution is 8.26. The van der Waals surface area contributed by atoms with E-state index in [-0.39, 0.29) is 23.6 Å². The Morgan fingerprint density at radius 1 is 1.09 bits per heavy atom. The Balaban J connectivity index is 1.51. The highest BCUT2D eigenvalue weighted by atomic mass is 35.5. The van der Waals surface area contributed by atoms with Crippen molar-refractivity contribution in [3.05, 3.63) is 103 Å². The standard InChI is InChI=1S/C34H35ClN4O2S2/c1-3-4-16-38-31(37-17-14-25(15-18-37)19-24-10-6-5-7-11-24)27(23(2)28(21-36)32(38)40)20-30-33(41)39(34(42)43-30)22-26-12-8-9-13-29(26)35/h5-13,20,25H,3-4,14-19,22H2,1-2H3. The lowest BCUT2D eigenvalue weighted by molar-refractivity contribution is -0.122. The summed E-state index contributed by atoms with van der Waals surface area (Å²) in [6, 6.07) is 20.1. The molecule has 2 aromatic carbocycles. The zero-order valence-electron chi connectivity index (χ0n) is 24.5. The van der Waals surface area contributed by atoms with Crippen LogP contribution in [0.2, 0.25) is 5.02 Å². The molecule has 0 unspecified atom stereocenters. The first kappa shape index (κ1) is 31.1. The Morgan fingerprint density at radius 2 is 1.79 bits per heavy atom. The van der Waals surface area contributed by atoms with Crippen LogP contribution in [0.15, 0.2) is 64.3 Å². The Hall–Kier alpha value is -3.38. The second kappa shape index (κ2) is 13.9. The predicted octanol–water partition coefficient (Wildman–Crippen LogP) is 7.34. The van der Waals surface area contributed by atoms with Gasteiger partial charge in [-0.3, -0.25) is 19.1 Å². The van der Waals surface area contributed by atoms with Gasteiger partial charge in [0.15, 0.2) is 0 Å². The first-order valence-electron chi connectivity index (χ1n) is 14.8. The van der Waals surface area contributed by atoms with Gasteiger partial charge in [-0.2, -0.15) is 5.26 Å². The van der Waals surface area contributed by atoms with E-state index in [0.29, 0.717) is 32.3 Å². The van der Waals surface area contributed by atoms with E-state index < -0.39 is 0 Å². The minimum absolute atomic E-state index is 0.122. The van der Waals surface area contributed by atoms with Gasteiger partial charge < -0.3 is 4.90 Å². The molecular formula is C34H35ClN4O2S2. The number of anilines is 1. The number of nitriles is 1. The van der Waals surface area contributed by atoms with Gasteiger partial charge in [0, 0.05) is 30.2 Å². The van der Waals surface area contributed by atoms with Crippen LogP contribution in [0.5, 0.6) is 0 Å². The number of carbonyl (C=O) groups excluding carboxylic acids is 1. The normalized spacial score (nSPS) is 16.7. The van der Waals surface area contributed by atoms with Crippen molar-refractivity contribution in [1.29, 1.82) is 5.26 Å². The van der Waals surface area contributed by atoms with Gasteiger partial charge in [-0.1, -0.05) is 97.5 Å². The molecule has 3 aromatic rings. The summed E-state index contributed by atoms with van der Waals surface area (Å²) in [6.07, 6.45) is 6.59. The van der Waals surface area contributed by atoms with Crippen molar-refractivity contribution in [2.75, 3.05) is 18.0 Å². The van der Waals surface area contributed by atoms with Crippen molar-refractivity contribution in [1.82, 2.24) is 9.47 Å². The molecule has 0 aliphatic carbocycles. The Morgan fingerprint density at radius 3 is 2.47 bits per heavy atom. The van der Waals surface area contributed by atoms with Crippen LogP contribution in [0.3, 0.4) is 0 Å². The third-order valence-electron chi connectivity index (χ3n) is 8.30. The molecule has 2 aliphatic rings. The lowest BCUT2D eigenvalue weighted by Crippen LogP contribution is -2.40. The highest BCUT2D eigenvalue weighted by Crippen LogP contribution is 2.38. The van der Waals surface area contributed by atoms with Crippen LogP contribution in [0.1, 0.15) is 60.4 Å². The van der Waals surface area contributed by atoms with Crippen molar-refractivity contribution in [3.63, 3.8) is 0 Å². The third-order valence-corrected chi connectivity index (χ3v) is 10.0. The van der Waals surface area contributed by atoms with Crippen molar-refractivity contribution < 1.29 is 4.79 Å². The number of halogens is 1. The lowest BCUT2D eigenvalue weighted by Gasteiger charge is -2.36. The molecule has 1 aromatic heterocycles. The molecule has 0 saturated carbocycles. The van der Waals surface area contributed by atoms with E-state index in [4.69, 9.17) is 23.8 Å². The van der Waals surface area contributed by atoms with E-state index in [0.717, 1.165) is 62.1 Å². The number of unbranched alkanes of at least 4 members (excludes halogenated alkanes) is 1. The zero-order valence-corrected chi connectivity index (χ0v) is 26.9. The molecule has 0 bridgehead atoms. The maximum absolute atomic E-state index is 13.7. The fourth-order valence-electron chi connectivity index (χ4n) is 5.87. The number of hydrogen-bond acceptors (Lipinski definition) is 6. The quantitative estimate of drug-likeness (QED) is 0.182. The van der Waals surface area contributed by atoms with Crippen LogP contribution < -0.4 is 10.5 Å². The minimum atomic E-state index is -0.265. The van der Waals surface area contributed by atoms with Gasteiger partial charge in [-0.05, 0) is 67.4 Å². The van der Waals surface area contributed by atoms with Crippen LogP contribution >= 0.6 is 35.6 Å². The summed E-state index contributed by atoms with van der Waals surface area (Å²) in [5.74, 6) is 1.15. The fourth-order valence-corrected chi connectivity index (χ4v) is 7.30. The molecule has 2 saturated heterocycles. The van der Waals surface area contributed by atoms with Gasteiger partial charge in [-0.15, -0.1) is 0 Å². The number of thiocarbonyl (C=S) groups is 1. The zero-order chi connectivity index (χ0) is 30.5. The Labute approximate surface area is 267 Å². The molecule has 6 nitrogen and oxygen atoms in total. The molecule has 43 heavy (non-hydrogen) atoms. The molecule has 0 N–H and O–H groups in total. The smallest absolute Gasteiger partial charge is 0.270 e. The van der Waals surface area contributed by atoms with Crippen molar-refractivity contribution in [2.24, 2.45) is 5.92 Å². The number of benzene rings is 2. The number of rotatable bonds is 9. The van der Waals surface area contributed by atoms with Crippen LogP contribution in [0.4, 0.5) is 5.82 Å². The number of thioether (sulfide) groups is 1. The average molecular weight is 631 g/mol. The topological polar surface area (TPSA) is 69.3 Å². The van der Waals surface area contributed by atoms with Gasteiger partial charge in [0.1, 0.15) is 21.8 Å². The lowest BCUT2D eigenvalue weighted by atomic mass is 9.90. The van der Waals surface area contributed by atoms with Crippen molar-refractivity contribution in [2.45, 2.75) is 59.0 Å². The van der Waals surface area contributed by atoms with Gasteiger partial charge in [0.2, 0.25) is 0 Å². The first-order chi connectivity index (χ1) is 20.8. The molecule has 0 radical (unpaired) electrons. The number of nitrogens with zero attached hydrogens (tertiary/aromatic N) is 4. The summed E-state index contributed by atoms with van der Waals surface area (Å²) in [5, 5.41) is 10.6. The van der Waals surface area contributed by atoms with Gasteiger partial charge in [-0.25, -0.2) is 0 Å². The summed E-state index contributed by atoms with van der Waals surface area (Å²) >= 11 is 13.3. The van der Waals surface area contributed by atoms with Gasteiger partial charge in [0.25, 0.3) is 11.5 Å². The largest absolute Gasteiger partial charge is 0.357 e. The SMILES string of the molecule is CCCCn1c(N2CCC(Cc3ccccc3)CC2)c(C=C2SC(=S)N(Cc3ccccc3Cl)C2=O)c(C)c(C#N)c1=O. The number of carbonyl (C=O) groups is 1. The first-order valence-corrected chi connectivity index (χ1v) is 16.4. The molecule has 3 heterocycles. The summed E-state index contributed by atoms with van der Waals surface area (Å²) in [7, 11) is 0. The van der Waals surface area contributed by atoms with Crippen LogP contribution in [0.25, 0.3) is 6.08 Å². The molecular weight excluding hydrogens is 596 g/mol. The fraction of sp³-hybridized carbons (Fsp3) is 0.353. The summed E-state index contributed by atoms with van der Waals surface area (Å²) in [5.41, 5.74) is 3.35. The Kier molecular flexibility index (Phi) is 10.1. The van der Waals surface area contributed by atoms with Crippen molar-refractivity contribution in [3.8, 4) is 6.07 Å². The van der Waals surface area contributed by atoms with E-state index in [2.05, 4.69) is 42.2 Å². The second-order valence-electron chi connectivity index (χ2n) is 11.1. The van der Waals surface area contributed by atoms with Crippen molar-refractivity contribution >= 4 is 57.7 Å². The highest BCUT2D eigenvalue weighted by Gasteiger charge is 2.34. The maximum atomic E-state index is 13.7. The summed E-state index contributed by atoms with van der Waals surface area (Å²) in [6.45, 7) is 6.28. The van der Waals surface area contributed by atoms with Gasteiger partial charge in [0.05, 0.1) is 11.4 Å². The summed E-state index contributed by atoms with van der Waals surface area (Å²) in [4.78, 5) is 31.7. The van der Waals surface area contributed by atoms with E-state index >= 15 is 0 Å². The summed E-state index contributed by atoms with van der Waals surface area (Å²) < 4.78 is 2.22. The maximum Gasteiger partial charge on any atom is 0.270 e. The van der Waals surface area contributed by atoms with Crippen LogP contribution in [-0.2, 0) is 24.3 Å². The monoisotopic (exact) mass is 630 g/mol.